The van der Waals surface area contributed by atoms with Gasteiger partial charge < -0.3 is 25.0 Å². The number of fused-ring (bicyclic) bond motifs is 1. The Morgan fingerprint density at radius 2 is 1.62 bits per heavy atom. The number of rotatable bonds is 4. The van der Waals surface area contributed by atoms with Gasteiger partial charge in [-0.2, -0.15) is 4.98 Å². The number of ether oxygens (including phenoxy) is 2. The molecule has 2 N–H and O–H groups in total. The largest absolute Gasteiger partial charge is 0.493 e. The summed E-state index contributed by atoms with van der Waals surface area (Å²) in [6.07, 6.45) is 5.01. The highest BCUT2D eigenvalue weighted by molar-refractivity contribution is 5.91. The molecular formula is C19H27N5O2. The van der Waals surface area contributed by atoms with Crippen molar-refractivity contribution in [3.8, 4) is 11.5 Å². The second-order valence-corrected chi connectivity index (χ2v) is 7.09. The molecule has 0 spiro atoms. The molecule has 0 bridgehead atoms. The number of nitrogen functional groups attached to an aromatic ring is 1. The molecule has 0 amide bonds. The number of aromatic nitrogens is 2. The van der Waals surface area contributed by atoms with Crippen LogP contribution in [0.5, 0.6) is 11.5 Å². The molecule has 7 nitrogen and oxygen atoms in total. The summed E-state index contributed by atoms with van der Waals surface area (Å²) in [5.74, 6) is 2.47. The topological polar surface area (TPSA) is 76.7 Å². The minimum Gasteiger partial charge on any atom is -0.493 e. The van der Waals surface area contributed by atoms with Crippen LogP contribution in [0.4, 0.5) is 11.8 Å². The molecule has 2 aliphatic rings. The summed E-state index contributed by atoms with van der Waals surface area (Å²) in [5, 5.41) is 0.790. The highest BCUT2D eigenvalue weighted by atomic mass is 16.5. The lowest BCUT2D eigenvalue weighted by Crippen LogP contribution is -2.44. The van der Waals surface area contributed by atoms with Gasteiger partial charge in [0.15, 0.2) is 11.5 Å². The van der Waals surface area contributed by atoms with Crippen LogP contribution in [-0.4, -0.2) is 61.3 Å². The Labute approximate surface area is 154 Å². The van der Waals surface area contributed by atoms with E-state index in [9.17, 15) is 0 Å². The van der Waals surface area contributed by atoms with Crippen LogP contribution in [0.25, 0.3) is 10.9 Å². The van der Waals surface area contributed by atoms with E-state index in [1.54, 1.807) is 14.2 Å². The fourth-order valence-corrected chi connectivity index (χ4v) is 4.15. The van der Waals surface area contributed by atoms with Crippen molar-refractivity contribution < 1.29 is 9.47 Å². The van der Waals surface area contributed by atoms with E-state index in [0.29, 0.717) is 29.3 Å². The van der Waals surface area contributed by atoms with Gasteiger partial charge in [0.25, 0.3) is 0 Å². The molecule has 2 fully saturated rings. The summed E-state index contributed by atoms with van der Waals surface area (Å²) in [6.45, 7) is 4.45. The summed E-state index contributed by atoms with van der Waals surface area (Å²) in [7, 11) is 3.23. The van der Waals surface area contributed by atoms with Crippen molar-refractivity contribution in [3.63, 3.8) is 0 Å². The number of methoxy groups -OCH3 is 2. The van der Waals surface area contributed by atoms with Crippen molar-refractivity contribution in [1.29, 1.82) is 0 Å². The molecule has 0 radical (unpaired) electrons. The van der Waals surface area contributed by atoms with Gasteiger partial charge in [-0.05, 0) is 44.8 Å². The van der Waals surface area contributed by atoms with E-state index in [1.807, 2.05) is 12.1 Å². The minimum atomic E-state index is 0.479. The van der Waals surface area contributed by atoms with Gasteiger partial charge >= 0.3 is 0 Å². The van der Waals surface area contributed by atoms with Gasteiger partial charge in [-0.25, -0.2) is 4.98 Å². The summed E-state index contributed by atoms with van der Waals surface area (Å²) in [4.78, 5) is 14.2. The Hall–Kier alpha value is -2.28. The molecular weight excluding hydrogens is 330 g/mol. The standard InChI is InChI=1S/C19H27N5O2/c1-25-16-11-14-15(12-17(16)26-2)21-19(22-18(14)20)24-9-5-13(6-10-24)23-7-3-4-8-23/h11-13H,3-10H2,1-2H3,(H2,20,21,22). The Balaban J connectivity index is 1.57. The number of hydrogen-bond acceptors (Lipinski definition) is 7. The molecule has 0 aliphatic carbocycles. The molecule has 140 valence electrons. The molecule has 26 heavy (non-hydrogen) atoms. The Bertz CT molecular complexity index is 783. The predicted molar refractivity (Wildman–Crippen MR) is 103 cm³/mol. The van der Waals surface area contributed by atoms with E-state index in [2.05, 4.69) is 14.8 Å². The van der Waals surface area contributed by atoms with E-state index < -0.39 is 0 Å². The first kappa shape index (κ1) is 17.1. The van der Waals surface area contributed by atoms with E-state index >= 15 is 0 Å². The molecule has 1 aromatic carbocycles. The number of anilines is 2. The highest BCUT2D eigenvalue weighted by Gasteiger charge is 2.27. The first-order valence-corrected chi connectivity index (χ1v) is 9.38. The monoisotopic (exact) mass is 357 g/mol. The second-order valence-electron chi connectivity index (χ2n) is 7.09. The fourth-order valence-electron chi connectivity index (χ4n) is 4.15. The number of nitrogens with zero attached hydrogens (tertiary/aromatic N) is 4. The molecule has 1 aromatic heterocycles. The van der Waals surface area contributed by atoms with Crippen molar-refractivity contribution in [2.45, 2.75) is 31.7 Å². The number of hydrogen-bond donors (Lipinski definition) is 1. The Morgan fingerprint density at radius 3 is 2.27 bits per heavy atom. The van der Waals surface area contributed by atoms with Crippen LogP contribution in [0.2, 0.25) is 0 Å². The zero-order chi connectivity index (χ0) is 18.1. The maximum Gasteiger partial charge on any atom is 0.227 e. The predicted octanol–water partition coefficient (Wildman–Crippen LogP) is 2.29. The molecule has 3 heterocycles. The average Bonchev–Trinajstić information content (AvgIpc) is 3.22. The maximum atomic E-state index is 6.22. The molecule has 0 unspecified atom stereocenters. The second kappa shape index (κ2) is 7.15. The zero-order valence-electron chi connectivity index (χ0n) is 15.6. The third kappa shape index (κ3) is 3.11. The van der Waals surface area contributed by atoms with Crippen molar-refractivity contribution in [1.82, 2.24) is 14.9 Å². The fraction of sp³-hybridized carbons (Fsp3) is 0.579. The van der Waals surface area contributed by atoms with Crippen LogP contribution in [0.15, 0.2) is 12.1 Å². The Kier molecular flexibility index (Phi) is 4.72. The molecule has 0 atom stereocenters. The lowest BCUT2D eigenvalue weighted by atomic mass is 10.0. The summed E-state index contributed by atoms with van der Waals surface area (Å²) in [6, 6.07) is 4.41. The van der Waals surface area contributed by atoms with Gasteiger partial charge in [0, 0.05) is 30.6 Å². The van der Waals surface area contributed by atoms with E-state index in [1.165, 1.54) is 25.9 Å². The molecule has 7 heteroatoms. The third-order valence-electron chi connectivity index (χ3n) is 5.62. The van der Waals surface area contributed by atoms with E-state index in [0.717, 1.165) is 36.8 Å². The normalized spacial score (nSPS) is 19.2. The highest BCUT2D eigenvalue weighted by Crippen LogP contribution is 2.34. The van der Waals surface area contributed by atoms with Crippen molar-refractivity contribution >= 4 is 22.7 Å². The van der Waals surface area contributed by atoms with Crippen LogP contribution in [0.1, 0.15) is 25.7 Å². The van der Waals surface area contributed by atoms with Crippen LogP contribution in [-0.2, 0) is 0 Å². The quantitative estimate of drug-likeness (QED) is 0.899. The molecule has 4 rings (SSSR count). The zero-order valence-corrected chi connectivity index (χ0v) is 15.6. The van der Waals surface area contributed by atoms with Crippen LogP contribution in [0, 0.1) is 0 Å². The molecule has 2 aromatic rings. The van der Waals surface area contributed by atoms with Gasteiger partial charge in [-0.1, -0.05) is 0 Å². The smallest absolute Gasteiger partial charge is 0.227 e. The van der Waals surface area contributed by atoms with Gasteiger partial charge in [0.2, 0.25) is 5.95 Å². The summed E-state index contributed by atoms with van der Waals surface area (Å²) < 4.78 is 10.8. The third-order valence-corrected chi connectivity index (χ3v) is 5.62. The van der Waals surface area contributed by atoms with Crippen LogP contribution in [0.3, 0.4) is 0 Å². The first-order valence-electron chi connectivity index (χ1n) is 9.38. The number of benzene rings is 1. The number of piperidine rings is 1. The SMILES string of the molecule is COc1cc2nc(N3CCC(N4CCCC4)CC3)nc(N)c2cc1OC. The molecule has 0 saturated carbocycles. The lowest BCUT2D eigenvalue weighted by Gasteiger charge is -2.36. The lowest BCUT2D eigenvalue weighted by molar-refractivity contribution is 0.207. The first-order chi connectivity index (χ1) is 12.7. The van der Waals surface area contributed by atoms with Gasteiger partial charge in [-0.3, -0.25) is 0 Å². The average molecular weight is 357 g/mol. The van der Waals surface area contributed by atoms with E-state index in [4.69, 9.17) is 20.2 Å². The minimum absolute atomic E-state index is 0.479. The summed E-state index contributed by atoms with van der Waals surface area (Å²) >= 11 is 0. The van der Waals surface area contributed by atoms with Gasteiger partial charge in [0.05, 0.1) is 19.7 Å². The van der Waals surface area contributed by atoms with Gasteiger partial charge in [0.1, 0.15) is 5.82 Å². The molecule has 2 aliphatic heterocycles. The van der Waals surface area contributed by atoms with E-state index in [-0.39, 0.29) is 0 Å². The Morgan fingerprint density at radius 1 is 0.962 bits per heavy atom. The van der Waals surface area contributed by atoms with Crippen molar-refractivity contribution in [3.05, 3.63) is 12.1 Å². The number of nitrogens with two attached hydrogens (primary N) is 1. The molecule has 2 saturated heterocycles. The maximum absolute atomic E-state index is 6.22. The van der Waals surface area contributed by atoms with Crippen molar-refractivity contribution in [2.75, 3.05) is 51.0 Å². The van der Waals surface area contributed by atoms with Crippen LogP contribution >= 0.6 is 0 Å². The number of likely N-dealkylation sites (tertiary alicyclic amines) is 1. The van der Waals surface area contributed by atoms with Gasteiger partial charge in [-0.15, -0.1) is 0 Å². The van der Waals surface area contributed by atoms with Crippen LogP contribution < -0.4 is 20.1 Å². The summed E-state index contributed by atoms with van der Waals surface area (Å²) in [5.41, 5.74) is 7.01. The van der Waals surface area contributed by atoms with Crippen molar-refractivity contribution in [2.24, 2.45) is 0 Å².